The first kappa shape index (κ1) is 18.1. The highest BCUT2D eigenvalue weighted by Crippen LogP contribution is 2.31. The maximum atomic E-state index is 11.8. The third-order valence-corrected chi connectivity index (χ3v) is 3.86. The van der Waals surface area contributed by atoms with Crippen LogP contribution in [0.1, 0.15) is 34.6 Å². The van der Waals surface area contributed by atoms with Crippen LogP contribution in [-0.4, -0.2) is 42.8 Å². The molecule has 1 rings (SSSR count). The molecular weight excluding hydrogens is 272 g/mol. The molecule has 1 aliphatic rings. The molecule has 5 unspecified atom stereocenters. The van der Waals surface area contributed by atoms with E-state index in [0.717, 1.165) is 0 Å². The van der Waals surface area contributed by atoms with Gasteiger partial charge in [0.05, 0.1) is 18.1 Å². The molecule has 1 N–H and O–H groups in total. The van der Waals surface area contributed by atoms with Gasteiger partial charge in [0, 0.05) is 5.92 Å². The van der Waals surface area contributed by atoms with Crippen molar-refractivity contribution in [1.82, 2.24) is 0 Å². The van der Waals surface area contributed by atoms with E-state index >= 15 is 0 Å². The summed E-state index contributed by atoms with van der Waals surface area (Å²) in [6.07, 6.45) is -0.0335. The van der Waals surface area contributed by atoms with Gasteiger partial charge >= 0.3 is 5.97 Å². The molecule has 0 aromatic rings. The Labute approximate surface area is 127 Å². The van der Waals surface area contributed by atoms with Gasteiger partial charge in [-0.2, -0.15) is 0 Å². The minimum Gasteiger partial charge on any atom is -0.462 e. The number of hydrogen-bond donors (Lipinski definition) is 1. The average molecular weight is 300 g/mol. The molecular formula is C16H28O5. The molecule has 5 atom stereocenters. The van der Waals surface area contributed by atoms with Gasteiger partial charge in [-0.25, -0.2) is 0 Å². The molecule has 0 aliphatic carbocycles. The molecule has 0 aromatic heterocycles. The summed E-state index contributed by atoms with van der Waals surface area (Å²) in [6.45, 7) is 13.3. The lowest BCUT2D eigenvalue weighted by Gasteiger charge is -2.42. The Kier molecular flexibility index (Phi) is 6.38. The fourth-order valence-electron chi connectivity index (χ4n) is 2.14. The third-order valence-electron chi connectivity index (χ3n) is 3.86. The average Bonchev–Trinajstić information content (AvgIpc) is 2.41. The number of aliphatic hydroxyl groups excluding tert-OH is 1. The van der Waals surface area contributed by atoms with Gasteiger partial charge in [0.1, 0.15) is 12.7 Å². The molecule has 21 heavy (non-hydrogen) atoms. The van der Waals surface area contributed by atoms with Crippen LogP contribution >= 0.6 is 0 Å². The minimum atomic E-state index is -0.684. The fraction of sp³-hybridized carbons (Fsp3) is 0.812. The third kappa shape index (κ3) is 4.80. The maximum absolute atomic E-state index is 11.8. The predicted molar refractivity (Wildman–Crippen MR) is 79.6 cm³/mol. The van der Waals surface area contributed by atoms with Crippen LogP contribution in [0.15, 0.2) is 12.7 Å². The lowest BCUT2D eigenvalue weighted by Crippen LogP contribution is -2.52. The summed E-state index contributed by atoms with van der Waals surface area (Å²) in [5.74, 6) is -0.269. The zero-order chi connectivity index (χ0) is 16.2. The first-order valence-corrected chi connectivity index (χ1v) is 7.41. The topological polar surface area (TPSA) is 65.0 Å². The van der Waals surface area contributed by atoms with Gasteiger partial charge < -0.3 is 19.3 Å². The summed E-state index contributed by atoms with van der Waals surface area (Å²) in [5.41, 5.74) is -0.572. The lowest BCUT2D eigenvalue weighted by atomic mass is 9.85. The van der Waals surface area contributed by atoms with Crippen molar-refractivity contribution in [2.45, 2.75) is 53.1 Å². The van der Waals surface area contributed by atoms with Crippen molar-refractivity contribution in [3.8, 4) is 0 Å². The van der Waals surface area contributed by atoms with E-state index in [1.165, 1.54) is 0 Å². The maximum Gasteiger partial charge on any atom is 0.311 e. The Morgan fingerprint density at radius 1 is 1.33 bits per heavy atom. The molecule has 0 bridgehead atoms. The van der Waals surface area contributed by atoms with E-state index in [-0.39, 0.29) is 24.4 Å². The van der Waals surface area contributed by atoms with Gasteiger partial charge in [-0.3, -0.25) is 4.79 Å². The SMILES string of the molecule is C=CCOC1OC(COC(=O)C(C)(C)C)C(O)C(C)C1C. The van der Waals surface area contributed by atoms with E-state index in [1.54, 1.807) is 26.8 Å². The van der Waals surface area contributed by atoms with Crippen molar-refractivity contribution in [2.75, 3.05) is 13.2 Å². The Hall–Kier alpha value is -0.910. The molecule has 1 fully saturated rings. The van der Waals surface area contributed by atoms with Crippen LogP contribution in [0, 0.1) is 17.3 Å². The van der Waals surface area contributed by atoms with Crippen molar-refractivity contribution < 1.29 is 24.1 Å². The minimum absolute atomic E-state index is 0.00750. The summed E-state index contributed by atoms with van der Waals surface area (Å²) in [4.78, 5) is 11.8. The van der Waals surface area contributed by atoms with Gasteiger partial charge in [-0.1, -0.05) is 19.9 Å². The second-order valence-corrected chi connectivity index (χ2v) is 6.72. The summed E-state index contributed by atoms with van der Waals surface area (Å²) in [5, 5.41) is 10.3. The summed E-state index contributed by atoms with van der Waals surface area (Å²) < 4.78 is 16.6. The highest BCUT2D eigenvalue weighted by molar-refractivity contribution is 5.75. The second kappa shape index (κ2) is 7.38. The van der Waals surface area contributed by atoms with Crippen LogP contribution in [0.2, 0.25) is 0 Å². The van der Waals surface area contributed by atoms with E-state index in [2.05, 4.69) is 6.58 Å². The van der Waals surface area contributed by atoms with Gasteiger partial charge in [0.15, 0.2) is 6.29 Å². The second-order valence-electron chi connectivity index (χ2n) is 6.72. The number of carbonyl (C=O) groups excluding carboxylic acids is 1. The van der Waals surface area contributed by atoms with Crippen LogP contribution in [-0.2, 0) is 19.0 Å². The Morgan fingerprint density at radius 2 is 1.95 bits per heavy atom. The normalized spacial score (nSPS) is 33.5. The molecule has 0 aromatic carbocycles. The molecule has 1 saturated heterocycles. The Balaban J connectivity index is 2.63. The number of carbonyl (C=O) groups is 1. The van der Waals surface area contributed by atoms with E-state index in [0.29, 0.717) is 6.61 Å². The molecule has 5 nitrogen and oxygen atoms in total. The summed E-state index contributed by atoms with van der Waals surface area (Å²) >= 11 is 0. The van der Waals surface area contributed by atoms with Crippen molar-refractivity contribution in [3.63, 3.8) is 0 Å². The van der Waals surface area contributed by atoms with Crippen molar-refractivity contribution in [2.24, 2.45) is 17.3 Å². The molecule has 0 spiro atoms. The van der Waals surface area contributed by atoms with Crippen LogP contribution in [0.4, 0.5) is 0 Å². The highest BCUT2D eigenvalue weighted by Gasteiger charge is 2.41. The number of esters is 1. The van der Waals surface area contributed by atoms with Crippen LogP contribution in [0.5, 0.6) is 0 Å². The van der Waals surface area contributed by atoms with Gasteiger partial charge in [-0.15, -0.1) is 6.58 Å². The monoisotopic (exact) mass is 300 g/mol. The number of ether oxygens (including phenoxy) is 3. The Morgan fingerprint density at radius 3 is 2.48 bits per heavy atom. The standard InChI is InChI=1S/C16H28O5/c1-7-8-19-14-11(3)10(2)13(17)12(21-14)9-20-15(18)16(4,5)6/h7,10-14,17H,1,8-9H2,2-6H3. The molecule has 122 valence electrons. The number of hydrogen-bond acceptors (Lipinski definition) is 5. The van der Waals surface area contributed by atoms with Crippen LogP contribution in [0.3, 0.4) is 0 Å². The van der Waals surface area contributed by atoms with E-state index in [1.807, 2.05) is 13.8 Å². The molecule has 1 heterocycles. The van der Waals surface area contributed by atoms with Crippen molar-refractivity contribution in [3.05, 3.63) is 12.7 Å². The van der Waals surface area contributed by atoms with E-state index < -0.39 is 23.9 Å². The van der Waals surface area contributed by atoms with Crippen molar-refractivity contribution in [1.29, 1.82) is 0 Å². The molecule has 5 heteroatoms. The number of aliphatic hydroxyl groups is 1. The molecule has 0 radical (unpaired) electrons. The van der Waals surface area contributed by atoms with Crippen molar-refractivity contribution >= 4 is 5.97 Å². The van der Waals surface area contributed by atoms with E-state index in [4.69, 9.17) is 14.2 Å². The number of rotatable bonds is 5. The smallest absolute Gasteiger partial charge is 0.311 e. The summed E-state index contributed by atoms with van der Waals surface area (Å²) in [6, 6.07) is 0. The first-order chi connectivity index (χ1) is 9.68. The van der Waals surface area contributed by atoms with Crippen LogP contribution < -0.4 is 0 Å². The highest BCUT2D eigenvalue weighted by atomic mass is 16.7. The quantitative estimate of drug-likeness (QED) is 0.622. The molecule has 1 aliphatic heterocycles. The van der Waals surface area contributed by atoms with Gasteiger partial charge in [0.25, 0.3) is 0 Å². The largest absolute Gasteiger partial charge is 0.462 e. The lowest BCUT2D eigenvalue weighted by molar-refractivity contribution is -0.267. The van der Waals surface area contributed by atoms with Crippen LogP contribution in [0.25, 0.3) is 0 Å². The van der Waals surface area contributed by atoms with Gasteiger partial charge in [-0.05, 0) is 26.7 Å². The molecule has 0 amide bonds. The first-order valence-electron chi connectivity index (χ1n) is 7.41. The predicted octanol–water partition coefficient (Wildman–Crippen LogP) is 2.14. The zero-order valence-electron chi connectivity index (χ0n) is 13.7. The Bertz CT molecular complexity index is 360. The molecule has 0 saturated carbocycles. The zero-order valence-corrected chi connectivity index (χ0v) is 13.7. The van der Waals surface area contributed by atoms with E-state index in [9.17, 15) is 9.90 Å². The van der Waals surface area contributed by atoms with Gasteiger partial charge in [0.2, 0.25) is 0 Å². The summed E-state index contributed by atoms with van der Waals surface area (Å²) in [7, 11) is 0. The fourth-order valence-corrected chi connectivity index (χ4v) is 2.14.